The van der Waals surface area contributed by atoms with Crippen LogP contribution in [-0.4, -0.2) is 42.2 Å². The van der Waals surface area contributed by atoms with Gasteiger partial charge in [-0.05, 0) is 12.5 Å². The normalized spacial score (nSPS) is 12.0. The van der Waals surface area contributed by atoms with E-state index in [-0.39, 0.29) is 19.1 Å². The van der Waals surface area contributed by atoms with E-state index in [1.54, 1.807) is 12.0 Å². The fraction of sp³-hybridized carbons (Fsp3) is 0.500. The summed E-state index contributed by atoms with van der Waals surface area (Å²) < 4.78 is 5.26. The SMILES string of the molecule is CC[C@@H](N)C(=O)N(CCO)Cc1ccccc1OC. The fourth-order valence-corrected chi connectivity index (χ4v) is 1.84. The molecule has 0 unspecified atom stereocenters. The lowest BCUT2D eigenvalue weighted by molar-refractivity contribution is -0.133. The standard InChI is InChI=1S/C14H22N2O3/c1-3-12(15)14(18)16(8-9-17)10-11-6-4-5-7-13(11)19-2/h4-7,12,17H,3,8-10,15H2,1-2H3/t12-/m1/s1. The molecule has 106 valence electrons. The van der Waals surface area contributed by atoms with Crippen LogP contribution in [0.4, 0.5) is 0 Å². The van der Waals surface area contributed by atoms with Crippen molar-refractivity contribution < 1.29 is 14.6 Å². The Kier molecular flexibility index (Phi) is 6.32. The van der Waals surface area contributed by atoms with Gasteiger partial charge in [0.25, 0.3) is 0 Å². The molecular weight excluding hydrogens is 244 g/mol. The maximum absolute atomic E-state index is 12.1. The molecule has 0 saturated carbocycles. The van der Waals surface area contributed by atoms with E-state index in [1.165, 1.54) is 0 Å². The van der Waals surface area contributed by atoms with Crippen LogP contribution < -0.4 is 10.5 Å². The summed E-state index contributed by atoms with van der Waals surface area (Å²) in [5.41, 5.74) is 6.67. The van der Waals surface area contributed by atoms with E-state index in [1.807, 2.05) is 31.2 Å². The summed E-state index contributed by atoms with van der Waals surface area (Å²) >= 11 is 0. The first kappa shape index (κ1) is 15.5. The second-order valence-electron chi connectivity index (χ2n) is 4.31. The highest BCUT2D eigenvalue weighted by Gasteiger charge is 2.20. The Morgan fingerprint density at radius 1 is 1.47 bits per heavy atom. The minimum Gasteiger partial charge on any atom is -0.496 e. The van der Waals surface area contributed by atoms with Crippen molar-refractivity contribution in [2.45, 2.75) is 25.9 Å². The molecule has 0 fully saturated rings. The van der Waals surface area contributed by atoms with E-state index in [0.717, 1.165) is 11.3 Å². The van der Waals surface area contributed by atoms with Crippen molar-refractivity contribution in [3.8, 4) is 5.75 Å². The lowest BCUT2D eigenvalue weighted by Crippen LogP contribution is -2.44. The van der Waals surface area contributed by atoms with Crippen LogP contribution in [0.15, 0.2) is 24.3 Å². The number of aliphatic hydroxyl groups is 1. The molecule has 0 aromatic heterocycles. The van der Waals surface area contributed by atoms with Crippen molar-refractivity contribution in [1.29, 1.82) is 0 Å². The Morgan fingerprint density at radius 3 is 2.74 bits per heavy atom. The summed E-state index contributed by atoms with van der Waals surface area (Å²) in [7, 11) is 1.59. The molecule has 0 saturated heterocycles. The van der Waals surface area contributed by atoms with Gasteiger partial charge in [-0.2, -0.15) is 0 Å². The second kappa shape index (κ2) is 7.76. The van der Waals surface area contributed by atoms with Crippen LogP contribution >= 0.6 is 0 Å². The molecule has 0 heterocycles. The van der Waals surface area contributed by atoms with Gasteiger partial charge in [0.1, 0.15) is 5.75 Å². The third-order valence-corrected chi connectivity index (χ3v) is 2.99. The van der Waals surface area contributed by atoms with E-state index in [0.29, 0.717) is 13.0 Å². The zero-order valence-corrected chi connectivity index (χ0v) is 11.5. The topological polar surface area (TPSA) is 75.8 Å². The lowest BCUT2D eigenvalue weighted by atomic mass is 10.1. The van der Waals surface area contributed by atoms with E-state index in [4.69, 9.17) is 15.6 Å². The van der Waals surface area contributed by atoms with Crippen molar-refractivity contribution >= 4 is 5.91 Å². The number of hydrogen-bond donors (Lipinski definition) is 2. The molecule has 1 aromatic carbocycles. The number of nitrogens with two attached hydrogens (primary N) is 1. The summed E-state index contributed by atoms with van der Waals surface area (Å²) in [6, 6.07) is 6.98. The monoisotopic (exact) mass is 266 g/mol. The molecule has 5 heteroatoms. The Bertz CT molecular complexity index is 409. The zero-order chi connectivity index (χ0) is 14.3. The molecule has 5 nitrogen and oxygen atoms in total. The van der Waals surface area contributed by atoms with Crippen LogP contribution in [0.25, 0.3) is 0 Å². The van der Waals surface area contributed by atoms with Gasteiger partial charge in [-0.1, -0.05) is 25.1 Å². The fourth-order valence-electron chi connectivity index (χ4n) is 1.84. The summed E-state index contributed by atoms with van der Waals surface area (Å²) in [6.45, 7) is 2.43. The molecule has 0 aliphatic heterocycles. The summed E-state index contributed by atoms with van der Waals surface area (Å²) in [6.07, 6.45) is 0.576. The second-order valence-corrected chi connectivity index (χ2v) is 4.31. The number of hydrogen-bond acceptors (Lipinski definition) is 4. The molecule has 1 aromatic rings. The van der Waals surface area contributed by atoms with Crippen molar-refractivity contribution in [2.24, 2.45) is 5.73 Å². The number of para-hydroxylation sites is 1. The van der Waals surface area contributed by atoms with Gasteiger partial charge in [-0.25, -0.2) is 0 Å². The van der Waals surface area contributed by atoms with Gasteiger partial charge in [0.2, 0.25) is 5.91 Å². The number of ether oxygens (including phenoxy) is 1. The molecule has 1 rings (SSSR count). The molecule has 0 spiro atoms. The first-order valence-electron chi connectivity index (χ1n) is 6.41. The average Bonchev–Trinajstić information content (AvgIpc) is 2.45. The molecule has 0 bridgehead atoms. The van der Waals surface area contributed by atoms with Gasteiger partial charge < -0.3 is 20.5 Å². The maximum Gasteiger partial charge on any atom is 0.239 e. The van der Waals surface area contributed by atoms with Crippen LogP contribution in [0.5, 0.6) is 5.75 Å². The molecule has 1 atom stereocenters. The average molecular weight is 266 g/mol. The molecule has 1 amide bonds. The van der Waals surface area contributed by atoms with Gasteiger partial charge >= 0.3 is 0 Å². The molecule has 0 aliphatic rings. The number of nitrogens with zero attached hydrogens (tertiary/aromatic N) is 1. The quantitative estimate of drug-likeness (QED) is 0.763. The molecule has 19 heavy (non-hydrogen) atoms. The van der Waals surface area contributed by atoms with Crippen LogP contribution in [0, 0.1) is 0 Å². The van der Waals surface area contributed by atoms with Crippen molar-refractivity contribution in [3.63, 3.8) is 0 Å². The number of rotatable bonds is 7. The number of aliphatic hydroxyl groups excluding tert-OH is 1. The number of methoxy groups -OCH3 is 1. The Labute approximate surface area is 114 Å². The van der Waals surface area contributed by atoms with E-state index < -0.39 is 6.04 Å². The van der Waals surface area contributed by atoms with Crippen LogP contribution in [0.1, 0.15) is 18.9 Å². The number of carbonyl (C=O) groups is 1. The van der Waals surface area contributed by atoms with E-state index in [2.05, 4.69) is 0 Å². The maximum atomic E-state index is 12.1. The van der Waals surface area contributed by atoms with Gasteiger partial charge in [0.05, 0.1) is 19.8 Å². The smallest absolute Gasteiger partial charge is 0.239 e. The highest BCUT2D eigenvalue weighted by molar-refractivity contribution is 5.81. The van der Waals surface area contributed by atoms with Gasteiger partial charge in [0, 0.05) is 18.7 Å². The Balaban J connectivity index is 2.86. The Morgan fingerprint density at radius 2 is 2.16 bits per heavy atom. The molecule has 3 N–H and O–H groups in total. The third-order valence-electron chi connectivity index (χ3n) is 2.99. The zero-order valence-electron chi connectivity index (χ0n) is 11.5. The van der Waals surface area contributed by atoms with Crippen molar-refractivity contribution in [2.75, 3.05) is 20.3 Å². The highest BCUT2D eigenvalue weighted by atomic mass is 16.5. The van der Waals surface area contributed by atoms with Gasteiger partial charge in [0.15, 0.2) is 0 Å². The predicted octanol–water partition coefficient (Wildman–Crippen LogP) is 0.753. The minimum atomic E-state index is -0.527. The minimum absolute atomic E-state index is 0.0860. The summed E-state index contributed by atoms with van der Waals surface area (Å²) in [4.78, 5) is 13.7. The predicted molar refractivity (Wildman–Crippen MR) is 73.8 cm³/mol. The number of carbonyl (C=O) groups excluding carboxylic acids is 1. The third kappa shape index (κ3) is 4.22. The van der Waals surface area contributed by atoms with Crippen LogP contribution in [0.2, 0.25) is 0 Å². The largest absolute Gasteiger partial charge is 0.496 e. The summed E-state index contributed by atoms with van der Waals surface area (Å²) in [5, 5.41) is 9.08. The number of amides is 1. The molecule has 0 radical (unpaired) electrons. The van der Waals surface area contributed by atoms with Gasteiger partial charge in [-0.15, -0.1) is 0 Å². The first-order valence-corrected chi connectivity index (χ1v) is 6.41. The van der Waals surface area contributed by atoms with E-state index in [9.17, 15) is 4.79 Å². The Hall–Kier alpha value is -1.59. The highest BCUT2D eigenvalue weighted by Crippen LogP contribution is 2.19. The summed E-state index contributed by atoms with van der Waals surface area (Å²) in [5.74, 6) is 0.575. The lowest BCUT2D eigenvalue weighted by Gasteiger charge is -2.25. The first-order chi connectivity index (χ1) is 9.13. The molecule has 0 aliphatic carbocycles. The number of benzene rings is 1. The van der Waals surface area contributed by atoms with Crippen molar-refractivity contribution in [1.82, 2.24) is 4.90 Å². The van der Waals surface area contributed by atoms with Crippen molar-refractivity contribution in [3.05, 3.63) is 29.8 Å². The van der Waals surface area contributed by atoms with E-state index >= 15 is 0 Å². The molecular formula is C14H22N2O3. The van der Waals surface area contributed by atoms with Crippen LogP contribution in [0.3, 0.4) is 0 Å². The van der Waals surface area contributed by atoms with Gasteiger partial charge in [-0.3, -0.25) is 4.79 Å². The van der Waals surface area contributed by atoms with Crippen LogP contribution in [-0.2, 0) is 11.3 Å².